The van der Waals surface area contributed by atoms with Gasteiger partial charge >= 0.3 is 0 Å². The summed E-state index contributed by atoms with van der Waals surface area (Å²) >= 11 is 0. The zero-order chi connectivity index (χ0) is 19.7. The van der Waals surface area contributed by atoms with Crippen LogP contribution in [0.3, 0.4) is 0 Å². The van der Waals surface area contributed by atoms with Gasteiger partial charge in [0.15, 0.2) is 0 Å². The molecule has 2 aromatic carbocycles. The third-order valence-electron chi connectivity index (χ3n) is 4.98. The van der Waals surface area contributed by atoms with Crippen LogP contribution in [-0.2, 0) is 13.0 Å². The van der Waals surface area contributed by atoms with Crippen molar-refractivity contribution < 1.29 is 4.52 Å². The Labute approximate surface area is 163 Å². The maximum atomic E-state index is 13.1. The first-order valence-electron chi connectivity index (χ1n) is 9.68. The fourth-order valence-electron chi connectivity index (χ4n) is 3.43. The second-order valence-corrected chi connectivity index (χ2v) is 7.06. The minimum absolute atomic E-state index is 0.0809. The fourth-order valence-corrected chi connectivity index (χ4v) is 3.43. The largest absolute Gasteiger partial charge is 0.346 e. The number of benzene rings is 2. The predicted octanol–water partition coefficient (Wildman–Crippen LogP) is 5.00. The van der Waals surface area contributed by atoms with Gasteiger partial charge in [-0.2, -0.15) is 4.98 Å². The lowest BCUT2D eigenvalue weighted by Gasteiger charge is -2.11. The van der Waals surface area contributed by atoms with Crippen molar-refractivity contribution in [1.82, 2.24) is 14.7 Å². The Hall–Kier alpha value is -3.21. The van der Waals surface area contributed by atoms with E-state index in [2.05, 4.69) is 40.7 Å². The van der Waals surface area contributed by atoms with Gasteiger partial charge in [0.05, 0.1) is 5.52 Å². The van der Waals surface area contributed by atoms with Crippen molar-refractivity contribution in [2.45, 2.75) is 40.2 Å². The first-order chi connectivity index (χ1) is 13.6. The molecule has 0 saturated carbocycles. The molecule has 4 rings (SSSR count). The topological polar surface area (TPSA) is 60.9 Å². The summed E-state index contributed by atoms with van der Waals surface area (Å²) in [5, 5.41) is 4.78. The predicted molar refractivity (Wildman–Crippen MR) is 111 cm³/mol. The van der Waals surface area contributed by atoms with E-state index in [1.807, 2.05) is 43.5 Å². The lowest BCUT2D eigenvalue weighted by molar-refractivity contribution is 0.431. The van der Waals surface area contributed by atoms with Crippen LogP contribution < -0.4 is 5.43 Å². The van der Waals surface area contributed by atoms with Gasteiger partial charge in [-0.1, -0.05) is 54.9 Å². The van der Waals surface area contributed by atoms with Gasteiger partial charge < -0.3 is 9.09 Å². The number of nitrogens with zero attached hydrogens (tertiary/aromatic N) is 3. The molecule has 0 aliphatic heterocycles. The quantitative estimate of drug-likeness (QED) is 0.494. The van der Waals surface area contributed by atoms with Crippen molar-refractivity contribution in [3.8, 4) is 22.8 Å². The van der Waals surface area contributed by atoms with Gasteiger partial charge in [0.1, 0.15) is 5.56 Å². The average molecular weight is 373 g/mol. The van der Waals surface area contributed by atoms with Gasteiger partial charge in [-0.25, -0.2) is 0 Å². The van der Waals surface area contributed by atoms with Crippen LogP contribution in [0, 0.1) is 6.92 Å². The molecule has 0 aliphatic rings. The van der Waals surface area contributed by atoms with Crippen molar-refractivity contribution in [2.75, 3.05) is 0 Å². The summed E-state index contributed by atoms with van der Waals surface area (Å²) in [5.74, 6) is 0.747. The third kappa shape index (κ3) is 3.24. The zero-order valence-electron chi connectivity index (χ0n) is 16.4. The highest BCUT2D eigenvalue weighted by Crippen LogP contribution is 2.23. The second kappa shape index (κ2) is 7.43. The van der Waals surface area contributed by atoms with Gasteiger partial charge in [-0.3, -0.25) is 4.79 Å². The molecule has 0 atom stereocenters. The van der Waals surface area contributed by atoms with Crippen LogP contribution in [0.4, 0.5) is 0 Å². The lowest BCUT2D eigenvalue weighted by atomic mass is 10.1. The fraction of sp³-hybridized carbons (Fsp3) is 0.261. The molecule has 0 radical (unpaired) electrons. The Morgan fingerprint density at radius 2 is 1.86 bits per heavy atom. The number of aryl methyl sites for hydroxylation is 3. The number of rotatable bonds is 5. The molecule has 28 heavy (non-hydrogen) atoms. The molecule has 0 N–H and O–H groups in total. The van der Waals surface area contributed by atoms with E-state index in [1.165, 1.54) is 5.56 Å². The number of pyridine rings is 1. The summed E-state index contributed by atoms with van der Waals surface area (Å²) in [4.78, 5) is 17.6. The van der Waals surface area contributed by atoms with Crippen molar-refractivity contribution in [2.24, 2.45) is 0 Å². The highest BCUT2D eigenvalue weighted by molar-refractivity contribution is 5.83. The SMILES string of the molecule is CCCn1cc(-c2nc(-c3ccc(CC)cc3)no2)c(=O)c2cc(C)ccc21. The summed E-state index contributed by atoms with van der Waals surface area (Å²) < 4.78 is 7.57. The van der Waals surface area contributed by atoms with E-state index >= 15 is 0 Å². The molecule has 5 nitrogen and oxygen atoms in total. The van der Waals surface area contributed by atoms with Crippen molar-refractivity contribution in [1.29, 1.82) is 0 Å². The first kappa shape index (κ1) is 18.2. The molecule has 142 valence electrons. The number of aromatic nitrogens is 3. The Morgan fingerprint density at radius 3 is 2.57 bits per heavy atom. The summed E-state index contributed by atoms with van der Waals surface area (Å²) in [5.41, 5.74) is 4.46. The monoisotopic (exact) mass is 373 g/mol. The van der Waals surface area contributed by atoms with Crippen molar-refractivity contribution >= 4 is 10.9 Å². The van der Waals surface area contributed by atoms with Crippen molar-refractivity contribution in [3.63, 3.8) is 0 Å². The molecule has 0 fully saturated rings. The van der Waals surface area contributed by atoms with Gasteiger partial charge in [0.2, 0.25) is 11.3 Å². The highest BCUT2D eigenvalue weighted by Gasteiger charge is 2.17. The summed E-state index contributed by atoms with van der Waals surface area (Å²) in [7, 11) is 0. The summed E-state index contributed by atoms with van der Waals surface area (Å²) in [6.07, 6.45) is 3.77. The smallest absolute Gasteiger partial charge is 0.263 e. The molecular weight excluding hydrogens is 350 g/mol. The molecule has 2 heterocycles. The Kier molecular flexibility index (Phi) is 4.82. The Bertz CT molecular complexity index is 1190. The summed E-state index contributed by atoms with van der Waals surface area (Å²) in [6.45, 7) is 7.03. The zero-order valence-corrected chi connectivity index (χ0v) is 16.4. The van der Waals surface area contributed by atoms with E-state index < -0.39 is 0 Å². The van der Waals surface area contributed by atoms with Gasteiger partial charge in [-0.15, -0.1) is 0 Å². The first-order valence-corrected chi connectivity index (χ1v) is 9.68. The minimum atomic E-state index is -0.0809. The summed E-state index contributed by atoms with van der Waals surface area (Å²) in [6, 6.07) is 14.0. The van der Waals surface area contributed by atoms with E-state index in [-0.39, 0.29) is 11.3 Å². The van der Waals surface area contributed by atoms with E-state index in [1.54, 1.807) is 0 Å². The molecule has 4 aromatic rings. The molecule has 2 aromatic heterocycles. The Balaban J connectivity index is 1.83. The Morgan fingerprint density at radius 1 is 1.07 bits per heavy atom. The van der Waals surface area contributed by atoms with Crippen LogP contribution in [-0.4, -0.2) is 14.7 Å². The molecule has 0 bridgehead atoms. The van der Waals surface area contributed by atoms with Gasteiger partial charge in [0, 0.05) is 23.7 Å². The second-order valence-electron chi connectivity index (χ2n) is 7.06. The molecule has 0 spiro atoms. The molecule has 0 saturated heterocycles. The lowest BCUT2D eigenvalue weighted by Crippen LogP contribution is -2.12. The van der Waals surface area contributed by atoms with E-state index in [4.69, 9.17) is 4.52 Å². The van der Waals surface area contributed by atoms with E-state index in [0.717, 1.165) is 36.0 Å². The average Bonchev–Trinajstić information content (AvgIpc) is 3.20. The number of fused-ring (bicyclic) bond motifs is 1. The van der Waals surface area contributed by atoms with Gasteiger partial charge in [-0.05, 0) is 37.5 Å². The molecule has 5 heteroatoms. The van der Waals surface area contributed by atoms with Crippen LogP contribution in [0.25, 0.3) is 33.7 Å². The van der Waals surface area contributed by atoms with E-state index in [0.29, 0.717) is 16.8 Å². The highest BCUT2D eigenvalue weighted by atomic mass is 16.5. The third-order valence-corrected chi connectivity index (χ3v) is 4.98. The minimum Gasteiger partial charge on any atom is -0.346 e. The van der Waals surface area contributed by atoms with Crippen LogP contribution in [0.5, 0.6) is 0 Å². The molecule has 0 amide bonds. The van der Waals surface area contributed by atoms with Crippen LogP contribution in [0.2, 0.25) is 0 Å². The van der Waals surface area contributed by atoms with Crippen LogP contribution in [0.1, 0.15) is 31.4 Å². The maximum Gasteiger partial charge on any atom is 0.263 e. The number of hydrogen-bond donors (Lipinski definition) is 0. The molecule has 0 aliphatic carbocycles. The van der Waals surface area contributed by atoms with Crippen molar-refractivity contribution in [3.05, 3.63) is 70.0 Å². The van der Waals surface area contributed by atoms with Crippen LogP contribution >= 0.6 is 0 Å². The van der Waals surface area contributed by atoms with Gasteiger partial charge in [0.25, 0.3) is 5.89 Å². The molecule has 0 unspecified atom stereocenters. The van der Waals surface area contributed by atoms with E-state index in [9.17, 15) is 4.79 Å². The molecular formula is C23H23N3O2. The maximum absolute atomic E-state index is 13.1. The standard InChI is InChI=1S/C23H23N3O2/c1-4-12-26-14-19(21(27)18-13-15(3)6-11-20(18)26)23-24-22(25-28-23)17-9-7-16(5-2)8-10-17/h6-11,13-14H,4-5,12H2,1-3H3. The number of hydrogen-bond acceptors (Lipinski definition) is 4. The normalized spacial score (nSPS) is 11.2. The van der Waals surface area contributed by atoms with Crippen LogP contribution in [0.15, 0.2) is 58.0 Å².